The molecule has 84 valence electrons. The van der Waals surface area contributed by atoms with Crippen molar-refractivity contribution in [1.29, 1.82) is 0 Å². The van der Waals surface area contributed by atoms with Gasteiger partial charge in [-0.2, -0.15) is 5.10 Å². The molecule has 2 aromatic rings. The van der Waals surface area contributed by atoms with Gasteiger partial charge in [0.05, 0.1) is 6.20 Å². The van der Waals surface area contributed by atoms with Gasteiger partial charge in [-0.3, -0.25) is 0 Å². The van der Waals surface area contributed by atoms with E-state index >= 15 is 0 Å². The number of aromatic amines is 1. The number of hydrogen-bond donors (Lipinski definition) is 2. The summed E-state index contributed by atoms with van der Waals surface area (Å²) in [6.07, 6.45) is 2.30. The zero-order valence-electron chi connectivity index (χ0n) is 8.89. The Bertz CT molecular complexity index is 426. The van der Waals surface area contributed by atoms with Crippen LogP contribution < -0.4 is 4.74 Å². The first kappa shape index (κ1) is 10.7. The molecule has 0 unspecified atom stereocenters. The first-order valence-corrected chi connectivity index (χ1v) is 5.20. The van der Waals surface area contributed by atoms with Gasteiger partial charge in [-0.05, 0) is 17.5 Å². The molecule has 1 aromatic heterocycles. The van der Waals surface area contributed by atoms with E-state index in [4.69, 9.17) is 9.84 Å². The molecule has 0 amide bonds. The summed E-state index contributed by atoms with van der Waals surface area (Å²) in [7, 11) is 0. The van der Waals surface area contributed by atoms with Gasteiger partial charge < -0.3 is 9.84 Å². The van der Waals surface area contributed by atoms with Gasteiger partial charge in [0.1, 0.15) is 6.61 Å². The van der Waals surface area contributed by atoms with Crippen LogP contribution in [0.3, 0.4) is 0 Å². The van der Waals surface area contributed by atoms with Crippen LogP contribution in [0.4, 0.5) is 0 Å². The molecular formula is C12H14N2O2. The maximum absolute atomic E-state index is 8.94. The Balaban J connectivity index is 2.03. The highest BCUT2D eigenvalue weighted by Crippen LogP contribution is 2.12. The van der Waals surface area contributed by atoms with E-state index in [0.717, 1.165) is 11.1 Å². The quantitative estimate of drug-likeness (QED) is 0.800. The van der Waals surface area contributed by atoms with Crippen molar-refractivity contribution in [2.24, 2.45) is 0 Å². The summed E-state index contributed by atoms with van der Waals surface area (Å²) in [6, 6.07) is 9.70. The first-order valence-electron chi connectivity index (χ1n) is 5.20. The van der Waals surface area contributed by atoms with Gasteiger partial charge in [-0.15, -0.1) is 0 Å². The molecule has 0 aliphatic heterocycles. The van der Waals surface area contributed by atoms with Gasteiger partial charge in [-0.1, -0.05) is 24.3 Å². The van der Waals surface area contributed by atoms with Gasteiger partial charge in [0, 0.05) is 12.7 Å². The number of ether oxygens (including phenoxy) is 1. The van der Waals surface area contributed by atoms with Crippen molar-refractivity contribution < 1.29 is 9.84 Å². The molecular weight excluding hydrogens is 204 g/mol. The summed E-state index contributed by atoms with van der Waals surface area (Å²) >= 11 is 0. The van der Waals surface area contributed by atoms with Gasteiger partial charge >= 0.3 is 0 Å². The molecule has 0 saturated carbocycles. The SMILES string of the molecule is OCCc1ccccc1COc1ccn[nH]1. The largest absolute Gasteiger partial charge is 0.473 e. The number of aliphatic hydroxyl groups is 1. The molecule has 0 atom stereocenters. The molecule has 4 nitrogen and oxygen atoms in total. The topological polar surface area (TPSA) is 58.1 Å². The number of rotatable bonds is 5. The lowest BCUT2D eigenvalue weighted by Crippen LogP contribution is -2.02. The second-order valence-corrected chi connectivity index (χ2v) is 3.45. The fourth-order valence-corrected chi connectivity index (χ4v) is 1.54. The average molecular weight is 218 g/mol. The van der Waals surface area contributed by atoms with Crippen LogP contribution in [0.15, 0.2) is 36.5 Å². The fourth-order valence-electron chi connectivity index (χ4n) is 1.54. The number of benzene rings is 1. The molecule has 0 saturated heterocycles. The molecule has 0 aliphatic rings. The van der Waals surface area contributed by atoms with Crippen molar-refractivity contribution in [2.75, 3.05) is 6.61 Å². The summed E-state index contributed by atoms with van der Waals surface area (Å²) in [5.41, 5.74) is 2.20. The van der Waals surface area contributed by atoms with Crippen LogP contribution in [-0.2, 0) is 13.0 Å². The predicted octanol–water partition coefficient (Wildman–Crippen LogP) is 1.52. The fraction of sp³-hybridized carbons (Fsp3) is 0.250. The minimum atomic E-state index is 0.154. The van der Waals surface area contributed by atoms with Crippen LogP contribution in [0.2, 0.25) is 0 Å². The molecule has 2 N–H and O–H groups in total. The maximum Gasteiger partial charge on any atom is 0.209 e. The van der Waals surface area contributed by atoms with Crippen LogP contribution in [0, 0.1) is 0 Å². The number of nitrogens with one attached hydrogen (secondary N) is 1. The minimum absolute atomic E-state index is 0.154. The van der Waals surface area contributed by atoms with Crippen molar-refractivity contribution >= 4 is 0 Å². The summed E-state index contributed by atoms with van der Waals surface area (Å²) in [5.74, 6) is 0.652. The third-order valence-electron chi connectivity index (χ3n) is 2.36. The van der Waals surface area contributed by atoms with Crippen molar-refractivity contribution in [3.63, 3.8) is 0 Å². The normalized spacial score (nSPS) is 10.3. The number of nitrogens with zero attached hydrogens (tertiary/aromatic N) is 1. The van der Waals surface area contributed by atoms with Crippen molar-refractivity contribution in [1.82, 2.24) is 10.2 Å². The molecule has 0 aliphatic carbocycles. The third-order valence-corrected chi connectivity index (χ3v) is 2.36. The molecule has 0 radical (unpaired) electrons. The molecule has 1 aromatic carbocycles. The highest BCUT2D eigenvalue weighted by atomic mass is 16.5. The molecule has 1 heterocycles. The van der Waals surface area contributed by atoms with E-state index in [2.05, 4.69) is 10.2 Å². The Labute approximate surface area is 93.9 Å². The van der Waals surface area contributed by atoms with E-state index in [9.17, 15) is 0 Å². The smallest absolute Gasteiger partial charge is 0.209 e. The number of aliphatic hydroxyl groups excluding tert-OH is 1. The average Bonchev–Trinajstić information content (AvgIpc) is 2.81. The van der Waals surface area contributed by atoms with E-state index in [1.165, 1.54) is 0 Å². The van der Waals surface area contributed by atoms with Crippen LogP contribution >= 0.6 is 0 Å². The Morgan fingerprint density at radius 3 is 2.69 bits per heavy atom. The van der Waals surface area contributed by atoms with Gasteiger partial charge in [0.25, 0.3) is 0 Å². The second-order valence-electron chi connectivity index (χ2n) is 3.45. The van der Waals surface area contributed by atoms with Gasteiger partial charge in [0.2, 0.25) is 5.88 Å². The van der Waals surface area contributed by atoms with Crippen LogP contribution in [0.1, 0.15) is 11.1 Å². The summed E-state index contributed by atoms with van der Waals surface area (Å²) < 4.78 is 5.52. The summed E-state index contributed by atoms with van der Waals surface area (Å²) in [5, 5.41) is 15.5. The van der Waals surface area contributed by atoms with Crippen molar-refractivity contribution in [3.8, 4) is 5.88 Å². The summed E-state index contributed by atoms with van der Waals surface area (Å²) in [6.45, 7) is 0.638. The maximum atomic E-state index is 8.94. The molecule has 0 fully saturated rings. The number of H-pyrrole nitrogens is 1. The molecule has 0 bridgehead atoms. The van der Waals surface area contributed by atoms with Crippen LogP contribution in [0.25, 0.3) is 0 Å². The van der Waals surface area contributed by atoms with E-state index in [0.29, 0.717) is 18.9 Å². The van der Waals surface area contributed by atoms with Crippen LogP contribution in [0.5, 0.6) is 5.88 Å². The van der Waals surface area contributed by atoms with E-state index in [-0.39, 0.29) is 6.61 Å². The third kappa shape index (κ3) is 2.61. The monoisotopic (exact) mass is 218 g/mol. The molecule has 4 heteroatoms. The second kappa shape index (κ2) is 5.32. The van der Waals surface area contributed by atoms with Crippen molar-refractivity contribution in [2.45, 2.75) is 13.0 Å². The lowest BCUT2D eigenvalue weighted by atomic mass is 10.1. The highest BCUT2D eigenvalue weighted by molar-refractivity contribution is 5.27. The summed E-state index contributed by atoms with van der Waals surface area (Å²) in [4.78, 5) is 0. The lowest BCUT2D eigenvalue weighted by Gasteiger charge is -2.08. The first-order chi connectivity index (χ1) is 7.90. The zero-order chi connectivity index (χ0) is 11.2. The van der Waals surface area contributed by atoms with E-state index in [1.807, 2.05) is 24.3 Å². The number of aromatic nitrogens is 2. The van der Waals surface area contributed by atoms with Gasteiger partial charge in [0.15, 0.2) is 0 Å². The Morgan fingerprint density at radius 2 is 2.00 bits per heavy atom. The van der Waals surface area contributed by atoms with Gasteiger partial charge in [-0.25, -0.2) is 5.10 Å². The predicted molar refractivity (Wildman–Crippen MR) is 60.2 cm³/mol. The number of hydrogen-bond acceptors (Lipinski definition) is 3. The standard InChI is InChI=1S/C12H14N2O2/c15-8-6-10-3-1-2-4-11(10)9-16-12-5-7-13-14-12/h1-5,7,15H,6,8-9H2,(H,13,14). The van der Waals surface area contributed by atoms with E-state index in [1.54, 1.807) is 12.3 Å². The Kier molecular flexibility index (Phi) is 3.56. The molecule has 0 spiro atoms. The van der Waals surface area contributed by atoms with Crippen molar-refractivity contribution in [3.05, 3.63) is 47.7 Å². The molecule has 2 rings (SSSR count). The molecule has 16 heavy (non-hydrogen) atoms. The zero-order valence-corrected chi connectivity index (χ0v) is 8.89. The van der Waals surface area contributed by atoms with Crippen LogP contribution in [-0.4, -0.2) is 21.9 Å². The minimum Gasteiger partial charge on any atom is -0.473 e. The Hall–Kier alpha value is -1.81. The lowest BCUT2D eigenvalue weighted by molar-refractivity contribution is 0.285. The Morgan fingerprint density at radius 1 is 1.19 bits per heavy atom. The van der Waals surface area contributed by atoms with E-state index < -0.39 is 0 Å². The highest BCUT2D eigenvalue weighted by Gasteiger charge is 2.02.